The van der Waals surface area contributed by atoms with Crippen LogP contribution < -0.4 is 5.32 Å². The van der Waals surface area contributed by atoms with Crippen LogP contribution in [0.2, 0.25) is 0 Å². The number of thiazole rings is 1. The molecule has 3 aromatic rings. The van der Waals surface area contributed by atoms with Gasteiger partial charge in [0.15, 0.2) is 4.96 Å². The molecule has 1 N–H and O–H groups in total. The number of hydrogen-bond acceptors (Lipinski definition) is 4. The van der Waals surface area contributed by atoms with E-state index in [0.29, 0.717) is 5.75 Å². The minimum absolute atomic E-state index is 0.0159. The second-order valence-electron chi connectivity index (χ2n) is 4.23. The lowest BCUT2D eigenvalue weighted by atomic mass is 10.3. The molecule has 2 aromatic heterocycles. The zero-order chi connectivity index (χ0) is 13.8. The molecule has 0 saturated carbocycles. The summed E-state index contributed by atoms with van der Waals surface area (Å²) in [5, 5.41) is 4.87. The lowest BCUT2D eigenvalue weighted by Gasteiger charge is -2.03. The molecule has 4 nitrogen and oxygen atoms in total. The Kier molecular flexibility index (Phi) is 4.03. The number of carbonyl (C=O) groups excluding carboxylic acids is 1. The minimum atomic E-state index is 0.0159. The maximum absolute atomic E-state index is 11.8. The Hall–Kier alpha value is -1.79. The molecule has 20 heavy (non-hydrogen) atoms. The highest BCUT2D eigenvalue weighted by Gasteiger charge is 2.05. The van der Waals surface area contributed by atoms with Crippen molar-refractivity contribution in [2.24, 2.45) is 0 Å². The van der Waals surface area contributed by atoms with E-state index in [-0.39, 0.29) is 5.91 Å². The molecule has 0 unspecified atom stereocenters. The van der Waals surface area contributed by atoms with Gasteiger partial charge in [0, 0.05) is 29.2 Å². The van der Waals surface area contributed by atoms with Crippen LogP contribution in [0.15, 0.2) is 48.1 Å². The number of nitrogens with zero attached hydrogens (tertiary/aromatic N) is 2. The van der Waals surface area contributed by atoms with Crippen molar-refractivity contribution in [1.82, 2.24) is 9.38 Å². The number of benzene rings is 1. The second kappa shape index (κ2) is 6.11. The van der Waals surface area contributed by atoms with Crippen LogP contribution in [-0.4, -0.2) is 21.0 Å². The Morgan fingerprint density at radius 3 is 3.00 bits per heavy atom. The van der Waals surface area contributed by atoms with Crippen molar-refractivity contribution in [3.05, 3.63) is 53.8 Å². The van der Waals surface area contributed by atoms with Gasteiger partial charge in [-0.05, 0) is 12.1 Å². The summed E-state index contributed by atoms with van der Waals surface area (Å²) in [6.07, 6.45) is 4.00. The molecule has 1 amide bonds. The van der Waals surface area contributed by atoms with Crippen LogP contribution >= 0.6 is 23.1 Å². The number of aromatic nitrogens is 2. The van der Waals surface area contributed by atoms with Crippen LogP contribution in [0, 0.1) is 0 Å². The first-order chi connectivity index (χ1) is 9.81. The first-order valence-corrected chi connectivity index (χ1v) is 8.18. The zero-order valence-corrected chi connectivity index (χ0v) is 12.3. The standard InChI is InChI=1S/C14H13N3OS2/c18-13(15-11-4-2-1-3-5-11)10-19-9-12-8-17-6-7-20-14(17)16-12/h1-8H,9-10H2,(H,15,18). The topological polar surface area (TPSA) is 46.4 Å². The number of imidazole rings is 1. The third kappa shape index (κ3) is 3.20. The van der Waals surface area contributed by atoms with Crippen molar-refractivity contribution in [2.45, 2.75) is 5.75 Å². The summed E-state index contributed by atoms with van der Waals surface area (Å²) in [7, 11) is 0. The first-order valence-electron chi connectivity index (χ1n) is 6.15. The van der Waals surface area contributed by atoms with Gasteiger partial charge in [0.2, 0.25) is 5.91 Å². The maximum atomic E-state index is 11.8. The molecular weight excluding hydrogens is 290 g/mol. The quantitative estimate of drug-likeness (QED) is 0.787. The Balaban J connectivity index is 1.47. The second-order valence-corrected chi connectivity index (χ2v) is 6.09. The van der Waals surface area contributed by atoms with E-state index in [9.17, 15) is 4.79 Å². The van der Waals surface area contributed by atoms with E-state index >= 15 is 0 Å². The van der Waals surface area contributed by atoms with Crippen LogP contribution in [0.4, 0.5) is 5.69 Å². The van der Waals surface area contributed by atoms with Gasteiger partial charge in [0.05, 0.1) is 11.4 Å². The van der Waals surface area contributed by atoms with Crippen LogP contribution in [0.3, 0.4) is 0 Å². The van der Waals surface area contributed by atoms with E-state index < -0.39 is 0 Å². The number of anilines is 1. The smallest absolute Gasteiger partial charge is 0.234 e. The maximum Gasteiger partial charge on any atom is 0.234 e. The highest BCUT2D eigenvalue weighted by Crippen LogP contribution is 2.16. The van der Waals surface area contributed by atoms with Gasteiger partial charge < -0.3 is 5.32 Å². The first kappa shape index (κ1) is 13.2. The number of hydrogen-bond donors (Lipinski definition) is 1. The van der Waals surface area contributed by atoms with Gasteiger partial charge >= 0.3 is 0 Å². The molecule has 0 fully saturated rings. The molecular formula is C14H13N3OS2. The van der Waals surface area contributed by atoms with E-state index in [1.807, 2.05) is 52.5 Å². The molecule has 2 heterocycles. The average Bonchev–Trinajstić information content (AvgIpc) is 3.01. The molecule has 0 saturated heterocycles. The van der Waals surface area contributed by atoms with E-state index in [2.05, 4.69) is 10.3 Å². The molecule has 0 radical (unpaired) electrons. The number of amides is 1. The van der Waals surface area contributed by atoms with E-state index in [0.717, 1.165) is 22.1 Å². The summed E-state index contributed by atoms with van der Waals surface area (Å²) in [6.45, 7) is 0. The van der Waals surface area contributed by atoms with Gasteiger partial charge in [-0.25, -0.2) is 4.98 Å². The SMILES string of the molecule is O=C(CSCc1cn2ccsc2n1)Nc1ccccc1. The van der Waals surface area contributed by atoms with Crippen LogP contribution in [0.5, 0.6) is 0 Å². The zero-order valence-electron chi connectivity index (χ0n) is 10.7. The van der Waals surface area contributed by atoms with Gasteiger partial charge in [-0.3, -0.25) is 9.20 Å². The number of nitrogens with one attached hydrogen (secondary N) is 1. The van der Waals surface area contributed by atoms with Crippen molar-refractivity contribution >= 4 is 39.7 Å². The lowest BCUT2D eigenvalue weighted by Crippen LogP contribution is -2.13. The van der Waals surface area contributed by atoms with Crippen LogP contribution in [0.25, 0.3) is 4.96 Å². The fraction of sp³-hybridized carbons (Fsp3) is 0.143. The van der Waals surface area contributed by atoms with E-state index in [1.54, 1.807) is 23.1 Å². The summed E-state index contributed by atoms with van der Waals surface area (Å²) >= 11 is 3.18. The van der Waals surface area contributed by atoms with Gasteiger partial charge in [0.25, 0.3) is 0 Å². The van der Waals surface area contributed by atoms with Crippen molar-refractivity contribution in [3.63, 3.8) is 0 Å². The fourth-order valence-corrected chi connectivity index (χ4v) is 3.24. The Bertz CT molecular complexity index is 677. The highest BCUT2D eigenvalue weighted by molar-refractivity contribution is 7.99. The number of fused-ring (bicyclic) bond motifs is 1. The largest absolute Gasteiger partial charge is 0.325 e. The fourth-order valence-electron chi connectivity index (χ4n) is 1.81. The normalized spacial score (nSPS) is 10.8. The number of para-hydroxylation sites is 1. The van der Waals surface area contributed by atoms with Crippen molar-refractivity contribution in [3.8, 4) is 0 Å². The van der Waals surface area contributed by atoms with Crippen LogP contribution in [0.1, 0.15) is 5.69 Å². The monoisotopic (exact) mass is 303 g/mol. The summed E-state index contributed by atoms with van der Waals surface area (Å²) in [4.78, 5) is 17.2. The number of rotatable bonds is 5. The molecule has 0 bridgehead atoms. The summed E-state index contributed by atoms with van der Waals surface area (Å²) in [5.41, 5.74) is 1.84. The van der Waals surface area contributed by atoms with Crippen molar-refractivity contribution < 1.29 is 4.79 Å². The summed E-state index contributed by atoms with van der Waals surface area (Å²) in [6, 6.07) is 9.49. The third-order valence-corrected chi connectivity index (χ3v) is 4.42. The Morgan fingerprint density at radius 2 is 2.20 bits per heavy atom. The number of thioether (sulfide) groups is 1. The van der Waals surface area contributed by atoms with E-state index in [1.165, 1.54) is 0 Å². The molecule has 0 aliphatic heterocycles. The molecule has 0 aliphatic rings. The molecule has 6 heteroatoms. The molecule has 3 rings (SSSR count). The lowest BCUT2D eigenvalue weighted by molar-refractivity contribution is -0.113. The summed E-state index contributed by atoms with van der Waals surface area (Å²) in [5.74, 6) is 1.19. The molecule has 1 aromatic carbocycles. The van der Waals surface area contributed by atoms with Crippen molar-refractivity contribution in [1.29, 1.82) is 0 Å². The third-order valence-electron chi connectivity index (χ3n) is 2.68. The minimum Gasteiger partial charge on any atom is -0.325 e. The van der Waals surface area contributed by atoms with Crippen molar-refractivity contribution in [2.75, 3.05) is 11.1 Å². The summed E-state index contributed by atoms with van der Waals surface area (Å²) < 4.78 is 2.00. The van der Waals surface area contributed by atoms with Gasteiger partial charge in [-0.1, -0.05) is 18.2 Å². The predicted molar refractivity (Wildman–Crippen MR) is 84.3 cm³/mol. The Morgan fingerprint density at radius 1 is 1.35 bits per heavy atom. The Labute approximate surface area is 124 Å². The molecule has 0 aliphatic carbocycles. The highest BCUT2D eigenvalue weighted by atomic mass is 32.2. The average molecular weight is 303 g/mol. The van der Waals surface area contributed by atoms with Crippen LogP contribution in [-0.2, 0) is 10.5 Å². The molecule has 0 spiro atoms. The van der Waals surface area contributed by atoms with Gasteiger partial charge in [0.1, 0.15) is 0 Å². The molecule has 0 atom stereocenters. The predicted octanol–water partition coefficient (Wildman–Crippen LogP) is 3.27. The molecule has 102 valence electrons. The van der Waals surface area contributed by atoms with Gasteiger partial charge in [-0.2, -0.15) is 0 Å². The van der Waals surface area contributed by atoms with E-state index in [4.69, 9.17) is 0 Å². The van der Waals surface area contributed by atoms with Gasteiger partial charge in [-0.15, -0.1) is 23.1 Å². The number of carbonyl (C=O) groups is 1.